The van der Waals surface area contributed by atoms with Gasteiger partial charge in [0.1, 0.15) is 0 Å². The van der Waals surface area contributed by atoms with Crippen LogP contribution in [0.4, 0.5) is 10.8 Å². The molecule has 7 nitrogen and oxygen atoms in total. The fourth-order valence-electron chi connectivity index (χ4n) is 1.66. The standard InChI is InChI=1S/C11H11N3O4S2/c1-7-6-12-11(19-7)13-20(17,18)10-5-3-4-9(8(10)2)14(15)16/h3-6H,1-2H3,(H,12,13). The number of thiazole rings is 1. The molecule has 0 aliphatic heterocycles. The van der Waals surface area contributed by atoms with E-state index >= 15 is 0 Å². The van der Waals surface area contributed by atoms with Gasteiger partial charge in [0, 0.05) is 22.7 Å². The zero-order chi connectivity index (χ0) is 14.9. The van der Waals surface area contributed by atoms with Crippen LogP contribution in [0.5, 0.6) is 0 Å². The number of sulfonamides is 1. The number of hydrogen-bond donors (Lipinski definition) is 1. The topological polar surface area (TPSA) is 102 Å². The maximum atomic E-state index is 12.2. The molecule has 0 radical (unpaired) electrons. The van der Waals surface area contributed by atoms with Crippen molar-refractivity contribution >= 4 is 32.2 Å². The van der Waals surface area contributed by atoms with E-state index in [2.05, 4.69) is 9.71 Å². The first-order chi connectivity index (χ1) is 9.31. The van der Waals surface area contributed by atoms with Gasteiger partial charge in [-0.15, -0.1) is 11.3 Å². The van der Waals surface area contributed by atoms with E-state index in [9.17, 15) is 18.5 Å². The molecule has 2 aromatic rings. The second-order valence-electron chi connectivity index (χ2n) is 4.04. The molecule has 1 heterocycles. The largest absolute Gasteiger partial charge is 0.273 e. The first-order valence-corrected chi connectivity index (χ1v) is 7.80. The molecule has 1 N–H and O–H groups in total. The lowest BCUT2D eigenvalue weighted by molar-refractivity contribution is -0.385. The molecule has 2 rings (SSSR count). The summed E-state index contributed by atoms with van der Waals surface area (Å²) in [6, 6.07) is 3.93. The lowest BCUT2D eigenvalue weighted by atomic mass is 10.2. The number of nitrogens with one attached hydrogen (secondary N) is 1. The van der Waals surface area contributed by atoms with Crippen molar-refractivity contribution in [2.24, 2.45) is 0 Å². The second kappa shape index (κ2) is 5.17. The minimum absolute atomic E-state index is 0.0956. The van der Waals surface area contributed by atoms with Gasteiger partial charge in [-0.25, -0.2) is 13.4 Å². The summed E-state index contributed by atoms with van der Waals surface area (Å²) >= 11 is 1.19. The summed E-state index contributed by atoms with van der Waals surface area (Å²) in [5.74, 6) is 0. The Morgan fingerprint density at radius 1 is 1.35 bits per heavy atom. The Hall–Kier alpha value is -2.00. The van der Waals surface area contributed by atoms with Crippen molar-refractivity contribution < 1.29 is 13.3 Å². The molecule has 0 saturated heterocycles. The van der Waals surface area contributed by atoms with Crippen LogP contribution in [0.1, 0.15) is 10.4 Å². The number of aromatic nitrogens is 1. The van der Waals surface area contributed by atoms with Crippen molar-refractivity contribution in [3.63, 3.8) is 0 Å². The third-order valence-electron chi connectivity index (χ3n) is 2.58. The smallest absolute Gasteiger partial charge is 0.258 e. The summed E-state index contributed by atoms with van der Waals surface area (Å²) in [6.45, 7) is 3.20. The molecule has 0 aliphatic carbocycles. The Morgan fingerprint density at radius 3 is 2.60 bits per heavy atom. The lowest BCUT2D eigenvalue weighted by Crippen LogP contribution is -2.14. The number of nitro benzene ring substituents is 1. The van der Waals surface area contributed by atoms with Crippen LogP contribution < -0.4 is 4.72 Å². The molecule has 0 spiro atoms. The van der Waals surface area contributed by atoms with Crippen LogP contribution in [-0.2, 0) is 10.0 Å². The first kappa shape index (κ1) is 14.4. The van der Waals surface area contributed by atoms with Gasteiger partial charge in [-0.2, -0.15) is 0 Å². The normalized spacial score (nSPS) is 11.3. The Balaban J connectivity index is 2.44. The first-order valence-electron chi connectivity index (χ1n) is 5.50. The number of anilines is 1. The van der Waals surface area contributed by atoms with Crippen LogP contribution in [-0.4, -0.2) is 18.3 Å². The van der Waals surface area contributed by atoms with Gasteiger partial charge in [-0.05, 0) is 19.9 Å². The molecule has 9 heteroatoms. The van der Waals surface area contributed by atoms with Crippen molar-refractivity contribution in [3.8, 4) is 0 Å². The third-order valence-corrected chi connectivity index (χ3v) is 5.03. The zero-order valence-corrected chi connectivity index (χ0v) is 12.3. The monoisotopic (exact) mass is 313 g/mol. The van der Waals surface area contributed by atoms with Gasteiger partial charge < -0.3 is 0 Å². The van der Waals surface area contributed by atoms with Crippen LogP contribution in [0.25, 0.3) is 0 Å². The summed E-state index contributed by atoms with van der Waals surface area (Å²) in [7, 11) is -3.89. The maximum Gasteiger partial charge on any atom is 0.273 e. The number of nitro groups is 1. The highest BCUT2D eigenvalue weighted by Crippen LogP contribution is 2.27. The van der Waals surface area contributed by atoms with Crippen molar-refractivity contribution in [3.05, 3.63) is 45.0 Å². The molecule has 0 saturated carbocycles. The van der Waals surface area contributed by atoms with E-state index in [1.165, 1.54) is 36.5 Å². The average molecular weight is 313 g/mol. The second-order valence-corrected chi connectivity index (χ2v) is 6.92. The van der Waals surface area contributed by atoms with E-state index in [0.717, 1.165) is 4.88 Å². The number of rotatable bonds is 4. The van der Waals surface area contributed by atoms with Crippen LogP contribution >= 0.6 is 11.3 Å². The molecule has 0 fully saturated rings. The maximum absolute atomic E-state index is 12.2. The number of benzene rings is 1. The van der Waals surface area contributed by atoms with Crippen LogP contribution in [0, 0.1) is 24.0 Å². The molecule has 0 aliphatic rings. The summed E-state index contributed by atoms with van der Waals surface area (Å²) in [5.41, 5.74) is -0.138. The molecule has 0 unspecified atom stereocenters. The van der Waals surface area contributed by atoms with E-state index < -0.39 is 14.9 Å². The van der Waals surface area contributed by atoms with Gasteiger partial charge in [-0.1, -0.05) is 6.07 Å². The van der Waals surface area contributed by atoms with E-state index in [-0.39, 0.29) is 21.3 Å². The fourth-order valence-corrected chi connectivity index (χ4v) is 3.83. The van der Waals surface area contributed by atoms with Crippen molar-refractivity contribution in [1.82, 2.24) is 4.98 Å². The molecular weight excluding hydrogens is 302 g/mol. The van der Waals surface area contributed by atoms with Crippen molar-refractivity contribution in [1.29, 1.82) is 0 Å². The van der Waals surface area contributed by atoms with Crippen LogP contribution in [0.3, 0.4) is 0 Å². The zero-order valence-electron chi connectivity index (χ0n) is 10.7. The highest BCUT2D eigenvalue weighted by atomic mass is 32.2. The molecule has 0 atom stereocenters. The predicted octanol–water partition coefficient (Wildman–Crippen LogP) is 2.47. The summed E-state index contributed by atoms with van der Waals surface area (Å²) in [6.07, 6.45) is 1.54. The highest BCUT2D eigenvalue weighted by Gasteiger charge is 2.23. The summed E-state index contributed by atoms with van der Waals surface area (Å²) in [5, 5.41) is 11.1. The molecule has 0 amide bonds. The Bertz CT molecular complexity index is 768. The molecule has 1 aromatic carbocycles. The van der Waals surface area contributed by atoms with E-state index in [1.807, 2.05) is 0 Å². The highest BCUT2D eigenvalue weighted by molar-refractivity contribution is 7.93. The van der Waals surface area contributed by atoms with Crippen molar-refractivity contribution in [2.45, 2.75) is 18.7 Å². The lowest BCUT2D eigenvalue weighted by Gasteiger charge is -2.08. The Kier molecular flexibility index (Phi) is 3.73. The predicted molar refractivity (Wildman–Crippen MR) is 75.5 cm³/mol. The van der Waals surface area contributed by atoms with Gasteiger partial charge in [0.05, 0.1) is 9.82 Å². The van der Waals surface area contributed by atoms with Gasteiger partial charge >= 0.3 is 0 Å². The fraction of sp³-hybridized carbons (Fsp3) is 0.182. The van der Waals surface area contributed by atoms with Gasteiger partial charge in [0.2, 0.25) is 0 Å². The van der Waals surface area contributed by atoms with E-state index in [4.69, 9.17) is 0 Å². The Morgan fingerprint density at radius 2 is 2.05 bits per heavy atom. The average Bonchev–Trinajstić information content (AvgIpc) is 2.73. The molecular formula is C11H11N3O4S2. The van der Waals surface area contributed by atoms with Crippen molar-refractivity contribution in [2.75, 3.05) is 4.72 Å². The van der Waals surface area contributed by atoms with Crippen LogP contribution in [0.15, 0.2) is 29.3 Å². The van der Waals surface area contributed by atoms with Gasteiger partial charge in [-0.3, -0.25) is 14.8 Å². The number of aryl methyl sites for hydroxylation is 1. The minimum Gasteiger partial charge on any atom is -0.258 e. The minimum atomic E-state index is -3.89. The molecule has 0 bridgehead atoms. The van der Waals surface area contributed by atoms with Gasteiger partial charge in [0.15, 0.2) is 5.13 Å². The van der Waals surface area contributed by atoms with Crippen LogP contribution in [0.2, 0.25) is 0 Å². The number of hydrogen-bond acceptors (Lipinski definition) is 6. The van der Waals surface area contributed by atoms with E-state index in [1.54, 1.807) is 13.1 Å². The molecule has 106 valence electrons. The SMILES string of the molecule is Cc1cnc(NS(=O)(=O)c2cccc([N+](=O)[O-])c2C)s1. The molecule has 1 aromatic heterocycles. The van der Waals surface area contributed by atoms with Gasteiger partial charge in [0.25, 0.3) is 15.7 Å². The number of nitrogens with zero attached hydrogens (tertiary/aromatic N) is 2. The Labute approximate surface area is 119 Å². The summed E-state index contributed by atoms with van der Waals surface area (Å²) in [4.78, 5) is 14.9. The third kappa shape index (κ3) is 2.78. The summed E-state index contributed by atoms with van der Waals surface area (Å²) < 4.78 is 26.8. The quantitative estimate of drug-likeness (QED) is 0.690. The van der Waals surface area contributed by atoms with E-state index in [0.29, 0.717) is 0 Å². The molecule has 20 heavy (non-hydrogen) atoms.